The lowest BCUT2D eigenvalue weighted by atomic mass is 9.44. The number of ether oxygens (including phenoxy) is 1. The topological polar surface area (TPSA) is 134 Å². The first kappa shape index (κ1) is 23.3. The summed E-state index contributed by atoms with van der Waals surface area (Å²) in [6, 6.07) is 2.55. The Bertz CT molecular complexity index is 1070. The first-order valence-electron chi connectivity index (χ1n) is 11.4. The molecule has 2 fully saturated rings. The minimum Gasteiger partial charge on any atom is -0.480 e. The van der Waals surface area contributed by atoms with Gasteiger partial charge in [-0.05, 0) is 67.9 Å². The molecule has 178 valence electrons. The Hall–Kier alpha value is -2.90. The molecule has 0 unspecified atom stereocenters. The number of aliphatic carboxylic acids is 1. The highest BCUT2D eigenvalue weighted by Gasteiger charge is 2.61. The summed E-state index contributed by atoms with van der Waals surface area (Å²) in [7, 11) is 0. The molecule has 1 aromatic heterocycles. The maximum atomic E-state index is 12.2. The third kappa shape index (κ3) is 3.60. The average molecular weight is 458 g/mol. The lowest BCUT2D eigenvalue weighted by molar-refractivity contribution is -0.186. The van der Waals surface area contributed by atoms with Gasteiger partial charge in [-0.1, -0.05) is 27.2 Å². The third-order valence-corrected chi connectivity index (χ3v) is 8.59. The molecule has 0 bridgehead atoms. The number of aromatic nitrogens is 1. The van der Waals surface area contributed by atoms with Crippen LogP contribution < -0.4 is 0 Å². The van der Waals surface area contributed by atoms with E-state index in [1.807, 2.05) is 6.92 Å². The summed E-state index contributed by atoms with van der Waals surface area (Å²) in [6.07, 6.45) is 5.25. The maximum absolute atomic E-state index is 12.2. The SMILES string of the molecule is CC1(C)CCC[C@@]2(C)[C@H]1CC[C@@]1(C)OC(C(=O)O)=C(c3ccc(C(=O)O)nc3C(=O)O)C[C@@H]21. The van der Waals surface area contributed by atoms with Crippen LogP contribution in [-0.4, -0.2) is 43.8 Å². The first-order valence-corrected chi connectivity index (χ1v) is 11.4. The predicted molar refractivity (Wildman–Crippen MR) is 119 cm³/mol. The quantitative estimate of drug-likeness (QED) is 0.592. The summed E-state index contributed by atoms with van der Waals surface area (Å²) in [5.74, 6) is -3.86. The molecule has 3 N–H and O–H groups in total. The molecule has 8 nitrogen and oxygen atoms in total. The molecule has 3 aliphatic rings. The second-order valence-corrected chi connectivity index (χ2v) is 10.9. The monoisotopic (exact) mass is 457 g/mol. The molecule has 2 saturated carbocycles. The first-order chi connectivity index (χ1) is 15.3. The van der Waals surface area contributed by atoms with E-state index in [4.69, 9.17) is 4.74 Å². The fourth-order valence-electron chi connectivity index (χ4n) is 7.16. The van der Waals surface area contributed by atoms with Crippen molar-refractivity contribution in [3.63, 3.8) is 0 Å². The number of rotatable bonds is 4. The molecule has 8 heteroatoms. The molecule has 0 saturated heterocycles. The normalized spacial score (nSPS) is 32.8. The number of allylic oxidation sites excluding steroid dienone is 1. The van der Waals surface area contributed by atoms with E-state index in [0.29, 0.717) is 12.3 Å². The summed E-state index contributed by atoms with van der Waals surface area (Å²) in [5.41, 5.74) is -1.12. The van der Waals surface area contributed by atoms with Gasteiger partial charge in [-0.3, -0.25) is 0 Å². The van der Waals surface area contributed by atoms with Crippen molar-refractivity contribution < 1.29 is 34.4 Å². The Balaban J connectivity index is 1.88. The molecule has 1 aromatic rings. The van der Waals surface area contributed by atoms with Crippen molar-refractivity contribution in [2.24, 2.45) is 22.7 Å². The zero-order chi connectivity index (χ0) is 24.3. The van der Waals surface area contributed by atoms with E-state index in [2.05, 4.69) is 25.8 Å². The highest BCUT2D eigenvalue weighted by Crippen LogP contribution is 2.65. The number of aromatic carboxylic acids is 2. The Morgan fingerprint density at radius 2 is 1.64 bits per heavy atom. The van der Waals surface area contributed by atoms with Crippen LogP contribution in [0.1, 0.15) is 92.8 Å². The Labute approximate surface area is 192 Å². The van der Waals surface area contributed by atoms with E-state index in [-0.39, 0.29) is 33.6 Å². The molecule has 0 radical (unpaired) electrons. The number of fused-ring (bicyclic) bond motifs is 3. The van der Waals surface area contributed by atoms with Gasteiger partial charge in [-0.2, -0.15) is 0 Å². The van der Waals surface area contributed by atoms with Gasteiger partial charge in [0.1, 0.15) is 11.3 Å². The van der Waals surface area contributed by atoms with Crippen molar-refractivity contribution in [1.82, 2.24) is 4.98 Å². The van der Waals surface area contributed by atoms with Crippen molar-refractivity contribution in [3.05, 3.63) is 34.8 Å². The summed E-state index contributed by atoms with van der Waals surface area (Å²) in [5, 5.41) is 29.0. The number of carboxylic acids is 3. The van der Waals surface area contributed by atoms with E-state index in [0.717, 1.165) is 32.1 Å². The highest BCUT2D eigenvalue weighted by atomic mass is 16.5. The van der Waals surface area contributed by atoms with Crippen LogP contribution in [0.2, 0.25) is 0 Å². The summed E-state index contributed by atoms with van der Waals surface area (Å²) in [4.78, 5) is 39.3. The second kappa shape index (κ2) is 7.57. The van der Waals surface area contributed by atoms with E-state index >= 15 is 0 Å². The lowest BCUT2D eigenvalue weighted by Gasteiger charge is -2.63. The molecule has 0 spiro atoms. The van der Waals surface area contributed by atoms with Crippen LogP contribution in [0.4, 0.5) is 0 Å². The number of pyridine rings is 1. The van der Waals surface area contributed by atoms with Crippen molar-refractivity contribution in [2.45, 2.75) is 71.8 Å². The Morgan fingerprint density at radius 3 is 2.24 bits per heavy atom. The van der Waals surface area contributed by atoms with Gasteiger partial charge in [0.2, 0.25) is 5.76 Å². The lowest BCUT2D eigenvalue weighted by Crippen LogP contribution is -2.59. The van der Waals surface area contributed by atoms with Gasteiger partial charge in [-0.15, -0.1) is 0 Å². The molecule has 2 aliphatic carbocycles. The van der Waals surface area contributed by atoms with Crippen LogP contribution in [0, 0.1) is 22.7 Å². The molecule has 0 aromatic carbocycles. The molecule has 33 heavy (non-hydrogen) atoms. The van der Waals surface area contributed by atoms with Crippen LogP contribution in [0.3, 0.4) is 0 Å². The summed E-state index contributed by atoms with van der Waals surface area (Å²) in [6.45, 7) is 8.86. The van der Waals surface area contributed by atoms with Gasteiger partial charge >= 0.3 is 17.9 Å². The zero-order valence-electron chi connectivity index (χ0n) is 19.5. The van der Waals surface area contributed by atoms with Gasteiger partial charge in [-0.25, -0.2) is 19.4 Å². The van der Waals surface area contributed by atoms with Crippen LogP contribution in [-0.2, 0) is 9.53 Å². The van der Waals surface area contributed by atoms with Crippen molar-refractivity contribution in [3.8, 4) is 0 Å². The van der Waals surface area contributed by atoms with E-state index in [1.54, 1.807) is 0 Å². The summed E-state index contributed by atoms with van der Waals surface area (Å²) < 4.78 is 6.24. The summed E-state index contributed by atoms with van der Waals surface area (Å²) >= 11 is 0. The van der Waals surface area contributed by atoms with Gasteiger partial charge in [0, 0.05) is 17.1 Å². The van der Waals surface area contributed by atoms with Crippen LogP contribution in [0.25, 0.3) is 5.57 Å². The maximum Gasteiger partial charge on any atom is 0.371 e. The smallest absolute Gasteiger partial charge is 0.371 e. The zero-order valence-corrected chi connectivity index (χ0v) is 19.5. The fourth-order valence-corrected chi connectivity index (χ4v) is 7.16. The predicted octanol–water partition coefficient (Wildman–Crippen LogP) is 4.70. The van der Waals surface area contributed by atoms with E-state index < -0.39 is 34.9 Å². The van der Waals surface area contributed by atoms with Crippen LogP contribution in [0.5, 0.6) is 0 Å². The minimum absolute atomic E-state index is 0.0118. The minimum atomic E-state index is -1.41. The van der Waals surface area contributed by atoms with Crippen molar-refractivity contribution in [1.29, 1.82) is 0 Å². The second-order valence-electron chi connectivity index (χ2n) is 10.9. The van der Waals surface area contributed by atoms with Gasteiger partial charge < -0.3 is 20.1 Å². The van der Waals surface area contributed by atoms with Gasteiger partial charge in [0.25, 0.3) is 0 Å². The van der Waals surface area contributed by atoms with E-state index in [1.165, 1.54) is 12.1 Å². The molecule has 4 rings (SSSR count). The third-order valence-electron chi connectivity index (χ3n) is 8.59. The molecular formula is C25H31NO7. The van der Waals surface area contributed by atoms with Crippen LogP contribution in [0.15, 0.2) is 17.9 Å². The standard InChI is InChI=1S/C25H31NO7/c1-23(2)9-5-10-24(3)16(23)8-11-25(4)17(24)12-14(19(33-25)22(31)32)13-6-7-15(20(27)28)26-18(13)21(29)30/h6-7,16-17H,5,8-12H2,1-4H3,(H,27,28)(H,29,30)(H,31,32)/t16-,17-,24-,25+/m0/s1. The average Bonchev–Trinajstić information content (AvgIpc) is 2.71. The molecular weight excluding hydrogens is 426 g/mol. The molecule has 0 amide bonds. The van der Waals surface area contributed by atoms with Crippen LogP contribution >= 0.6 is 0 Å². The highest BCUT2D eigenvalue weighted by molar-refractivity contribution is 6.00. The molecule has 2 heterocycles. The van der Waals surface area contributed by atoms with Crippen molar-refractivity contribution >= 4 is 23.5 Å². The number of hydrogen-bond acceptors (Lipinski definition) is 5. The van der Waals surface area contributed by atoms with Gasteiger partial charge in [0.15, 0.2) is 5.69 Å². The Kier molecular flexibility index (Phi) is 5.34. The number of carboxylic acid groups (broad SMARTS) is 3. The number of hydrogen-bond donors (Lipinski definition) is 3. The number of nitrogens with zero attached hydrogens (tertiary/aromatic N) is 1. The molecule has 4 atom stereocenters. The fraction of sp³-hybridized carbons (Fsp3) is 0.600. The number of carbonyl (C=O) groups is 3. The molecule has 1 aliphatic heterocycles. The van der Waals surface area contributed by atoms with Crippen molar-refractivity contribution in [2.75, 3.05) is 0 Å². The van der Waals surface area contributed by atoms with E-state index in [9.17, 15) is 29.7 Å². The largest absolute Gasteiger partial charge is 0.480 e. The van der Waals surface area contributed by atoms with Gasteiger partial charge in [0.05, 0.1) is 0 Å². The Morgan fingerprint density at radius 1 is 0.939 bits per heavy atom.